The molecule has 0 aliphatic rings. The monoisotopic (exact) mass is 308 g/mol. The average molecular weight is 308 g/mol. The van der Waals surface area contributed by atoms with E-state index < -0.39 is 0 Å². The summed E-state index contributed by atoms with van der Waals surface area (Å²) in [6.45, 7) is 1.81. The van der Waals surface area contributed by atoms with Crippen molar-refractivity contribution in [3.63, 3.8) is 0 Å². The number of thioether (sulfide) groups is 1. The van der Waals surface area contributed by atoms with Crippen LogP contribution in [0.3, 0.4) is 0 Å². The Morgan fingerprint density at radius 3 is 2.62 bits per heavy atom. The Morgan fingerprint density at radius 1 is 1.33 bits per heavy atom. The first-order valence-corrected chi connectivity index (χ1v) is 7.32. The molecule has 0 unspecified atom stereocenters. The molecule has 5 nitrogen and oxygen atoms in total. The van der Waals surface area contributed by atoms with Crippen molar-refractivity contribution in [2.75, 3.05) is 14.1 Å². The van der Waals surface area contributed by atoms with Gasteiger partial charge in [0.25, 0.3) is 0 Å². The van der Waals surface area contributed by atoms with Gasteiger partial charge in [0.15, 0.2) is 11.0 Å². The van der Waals surface area contributed by atoms with E-state index in [1.165, 1.54) is 22.7 Å². The number of carbonyl (C=O) groups is 1. The van der Waals surface area contributed by atoms with Gasteiger partial charge in [0, 0.05) is 21.1 Å². The van der Waals surface area contributed by atoms with Gasteiger partial charge in [0.2, 0.25) is 5.91 Å². The van der Waals surface area contributed by atoms with Crippen molar-refractivity contribution in [2.24, 2.45) is 7.05 Å². The third-order valence-electron chi connectivity index (χ3n) is 3.02. The van der Waals surface area contributed by atoms with Crippen LogP contribution >= 0.6 is 11.8 Å². The van der Waals surface area contributed by atoms with Gasteiger partial charge in [0.05, 0.1) is 10.8 Å². The van der Waals surface area contributed by atoms with Gasteiger partial charge in [-0.1, -0.05) is 23.9 Å². The molecule has 2 aromatic rings. The summed E-state index contributed by atoms with van der Waals surface area (Å²) in [6, 6.07) is 6.41. The van der Waals surface area contributed by atoms with Crippen molar-refractivity contribution in [3.05, 3.63) is 30.1 Å². The fourth-order valence-electron chi connectivity index (χ4n) is 1.87. The third kappa shape index (κ3) is 3.24. The zero-order valence-electron chi connectivity index (χ0n) is 12.4. The van der Waals surface area contributed by atoms with Gasteiger partial charge in [-0.25, -0.2) is 4.39 Å². The van der Waals surface area contributed by atoms with Crippen molar-refractivity contribution in [1.29, 1.82) is 0 Å². The molecule has 2 rings (SSSR count). The number of hydrogen-bond donors (Lipinski definition) is 0. The Kier molecular flexibility index (Phi) is 4.62. The Bertz CT molecular complexity index is 656. The van der Waals surface area contributed by atoms with Crippen molar-refractivity contribution >= 4 is 17.7 Å². The molecular weight excluding hydrogens is 291 g/mol. The highest BCUT2D eigenvalue weighted by Crippen LogP contribution is 2.27. The standard InChI is InChI=1S/C14H17FN4OS/c1-9(13(20)18(2)3)21-14-17-16-12(19(14)4)10-7-5-6-8-11(10)15/h5-9H,1-4H3/t9-/m0/s1. The topological polar surface area (TPSA) is 51.0 Å². The molecule has 0 aliphatic heterocycles. The zero-order chi connectivity index (χ0) is 15.6. The van der Waals surface area contributed by atoms with Gasteiger partial charge in [-0.05, 0) is 19.1 Å². The summed E-state index contributed by atoms with van der Waals surface area (Å²) in [6.07, 6.45) is 0. The van der Waals surface area contributed by atoms with Gasteiger partial charge in [-0.15, -0.1) is 10.2 Å². The number of benzene rings is 1. The van der Waals surface area contributed by atoms with E-state index in [2.05, 4.69) is 10.2 Å². The van der Waals surface area contributed by atoms with E-state index in [1.807, 2.05) is 6.92 Å². The fraction of sp³-hybridized carbons (Fsp3) is 0.357. The summed E-state index contributed by atoms with van der Waals surface area (Å²) < 4.78 is 15.5. The highest BCUT2D eigenvalue weighted by Gasteiger charge is 2.21. The number of halogens is 1. The first-order valence-electron chi connectivity index (χ1n) is 6.44. The number of aromatic nitrogens is 3. The molecule has 112 valence electrons. The zero-order valence-corrected chi connectivity index (χ0v) is 13.2. The molecular formula is C14H17FN4OS. The van der Waals surface area contributed by atoms with Crippen molar-refractivity contribution in [2.45, 2.75) is 17.3 Å². The van der Waals surface area contributed by atoms with Crippen LogP contribution in [0, 0.1) is 5.82 Å². The summed E-state index contributed by atoms with van der Waals surface area (Å²) in [5.41, 5.74) is 0.394. The Hall–Kier alpha value is -1.89. The number of amides is 1. The van der Waals surface area contributed by atoms with Gasteiger partial charge in [-0.3, -0.25) is 4.79 Å². The second kappa shape index (κ2) is 6.26. The van der Waals surface area contributed by atoms with Crippen LogP contribution in [0.4, 0.5) is 4.39 Å². The highest BCUT2D eigenvalue weighted by molar-refractivity contribution is 8.00. The minimum Gasteiger partial charge on any atom is -0.348 e. The fourth-order valence-corrected chi connectivity index (χ4v) is 2.83. The lowest BCUT2D eigenvalue weighted by Crippen LogP contribution is -2.29. The molecule has 0 bridgehead atoms. The number of rotatable bonds is 4. The molecule has 0 spiro atoms. The normalized spacial score (nSPS) is 12.2. The summed E-state index contributed by atoms with van der Waals surface area (Å²) in [4.78, 5) is 13.4. The van der Waals surface area contributed by atoms with E-state index in [0.29, 0.717) is 16.5 Å². The van der Waals surface area contributed by atoms with Crippen molar-refractivity contribution < 1.29 is 9.18 Å². The number of hydrogen-bond acceptors (Lipinski definition) is 4. The molecule has 1 heterocycles. The Morgan fingerprint density at radius 2 is 2.00 bits per heavy atom. The summed E-state index contributed by atoms with van der Waals surface area (Å²) in [5, 5.41) is 8.38. The maximum absolute atomic E-state index is 13.8. The minimum atomic E-state index is -0.345. The second-order valence-electron chi connectivity index (χ2n) is 4.84. The van der Waals surface area contributed by atoms with E-state index >= 15 is 0 Å². The van der Waals surface area contributed by atoms with Crippen molar-refractivity contribution in [3.8, 4) is 11.4 Å². The maximum atomic E-state index is 13.8. The van der Waals surface area contributed by atoms with E-state index in [0.717, 1.165) is 0 Å². The summed E-state index contributed by atoms with van der Waals surface area (Å²) in [7, 11) is 5.18. The SMILES string of the molecule is C[C@H](Sc1nnc(-c2ccccc2F)n1C)C(=O)N(C)C. The number of carbonyl (C=O) groups excluding carboxylic acids is 1. The summed E-state index contributed by atoms with van der Waals surface area (Å²) in [5.74, 6) is 0.0949. The molecule has 1 aromatic heterocycles. The number of nitrogens with zero attached hydrogens (tertiary/aromatic N) is 4. The first kappa shape index (κ1) is 15.5. The quantitative estimate of drug-likeness (QED) is 0.813. The van der Waals surface area contributed by atoms with Crippen LogP contribution in [0.15, 0.2) is 29.4 Å². The molecule has 1 amide bonds. The Balaban J connectivity index is 2.26. The van der Waals surface area contributed by atoms with Gasteiger partial charge in [0.1, 0.15) is 5.82 Å². The molecule has 0 fully saturated rings. The molecule has 0 radical (unpaired) electrons. The van der Waals surface area contributed by atoms with E-state index in [1.54, 1.807) is 43.9 Å². The molecule has 0 saturated carbocycles. The first-order chi connectivity index (χ1) is 9.91. The van der Waals surface area contributed by atoms with Gasteiger partial charge >= 0.3 is 0 Å². The lowest BCUT2D eigenvalue weighted by atomic mass is 10.2. The predicted molar refractivity (Wildman–Crippen MR) is 80.4 cm³/mol. The average Bonchev–Trinajstić information content (AvgIpc) is 2.80. The van der Waals surface area contributed by atoms with Crippen molar-refractivity contribution in [1.82, 2.24) is 19.7 Å². The highest BCUT2D eigenvalue weighted by atomic mass is 32.2. The predicted octanol–water partition coefficient (Wildman–Crippen LogP) is 2.19. The van der Waals surface area contributed by atoms with Crippen LogP contribution in [-0.2, 0) is 11.8 Å². The van der Waals surface area contributed by atoms with Crippen LogP contribution in [0.2, 0.25) is 0 Å². The molecule has 0 saturated heterocycles. The lowest BCUT2D eigenvalue weighted by molar-refractivity contribution is -0.127. The Labute approximate surface area is 127 Å². The molecule has 21 heavy (non-hydrogen) atoms. The lowest BCUT2D eigenvalue weighted by Gasteiger charge is -2.15. The van der Waals surface area contributed by atoms with E-state index in [9.17, 15) is 9.18 Å². The van der Waals surface area contributed by atoms with Gasteiger partial charge < -0.3 is 9.47 Å². The van der Waals surface area contributed by atoms with Crippen LogP contribution in [0.1, 0.15) is 6.92 Å². The van der Waals surface area contributed by atoms with E-state index in [-0.39, 0.29) is 17.0 Å². The van der Waals surface area contributed by atoms with Crippen LogP contribution in [0.5, 0.6) is 0 Å². The van der Waals surface area contributed by atoms with Crippen LogP contribution in [0.25, 0.3) is 11.4 Å². The molecule has 7 heteroatoms. The summed E-state index contributed by atoms with van der Waals surface area (Å²) >= 11 is 1.30. The molecule has 0 aliphatic carbocycles. The molecule has 1 atom stereocenters. The smallest absolute Gasteiger partial charge is 0.235 e. The van der Waals surface area contributed by atoms with Crippen LogP contribution < -0.4 is 0 Å². The van der Waals surface area contributed by atoms with Gasteiger partial charge in [-0.2, -0.15) is 0 Å². The third-order valence-corrected chi connectivity index (χ3v) is 4.14. The molecule has 1 aromatic carbocycles. The minimum absolute atomic E-state index is 0.00422. The second-order valence-corrected chi connectivity index (χ2v) is 6.15. The maximum Gasteiger partial charge on any atom is 0.235 e. The molecule has 0 N–H and O–H groups in total. The van der Waals surface area contributed by atoms with Crippen LogP contribution in [-0.4, -0.2) is 44.9 Å². The largest absolute Gasteiger partial charge is 0.348 e. The van der Waals surface area contributed by atoms with E-state index in [4.69, 9.17) is 0 Å².